The molecule has 1 fully saturated rings. The van der Waals surface area contributed by atoms with E-state index < -0.39 is 0 Å². The fraction of sp³-hybridized carbons (Fsp3) is 0.438. The Morgan fingerprint density at radius 3 is 2.95 bits per heavy atom. The maximum atomic E-state index is 12.4. The summed E-state index contributed by atoms with van der Waals surface area (Å²) >= 11 is 1.46. The molecule has 4 nitrogen and oxygen atoms in total. The lowest BCUT2D eigenvalue weighted by atomic mass is 10.1. The van der Waals surface area contributed by atoms with Gasteiger partial charge in [0.25, 0.3) is 5.91 Å². The molecule has 0 saturated heterocycles. The molecule has 1 saturated carbocycles. The number of methoxy groups -OCH3 is 1. The Morgan fingerprint density at radius 2 is 2.24 bits per heavy atom. The van der Waals surface area contributed by atoms with Crippen LogP contribution in [0, 0.1) is 6.92 Å². The van der Waals surface area contributed by atoms with E-state index in [0.717, 1.165) is 34.9 Å². The lowest BCUT2D eigenvalue weighted by Crippen LogP contribution is -2.33. The summed E-state index contributed by atoms with van der Waals surface area (Å²) in [7, 11) is 1.72. The van der Waals surface area contributed by atoms with Crippen LogP contribution in [0.4, 0.5) is 5.69 Å². The van der Waals surface area contributed by atoms with E-state index in [9.17, 15) is 4.79 Å². The van der Waals surface area contributed by atoms with Crippen molar-refractivity contribution in [2.24, 2.45) is 0 Å². The van der Waals surface area contributed by atoms with Crippen molar-refractivity contribution in [2.75, 3.05) is 12.8 Å². The summed E-state index contributed by atoms with van der Waals surface area (Å²) in [5.41, 5.74) is 7.91. The number of aryl methyl sites for hydroxylation is 1. The Kier molecular flexibility index (Phi) is 3.87. The highest BCUT2D eigenvalue weighted by molar-refractivity contribution is 7.21. The van der Waals surface area contributed by atoms with Crippen molar-refractivity contribution in [1.82, 2.24) is 5.32 Å². The molecule has 2 aromatic rings. The highest BCUT2D eigenvalue weighted by atomic mass is 32.1. The second-order valence-electron chi connectivity index (χ2n) is 5.69. The number of hydrogen-bond acceptors (Lipinski definition) is 4. The van der Waals surface area contributed by atoms with Gasteiger partial charge < -0.3 is 15.8 Å². The first-order valence-electron chi connectivity index (χ1n) is 7.20. The Hall–Kier alpha value is -1.59. The average molecular weight is 304 g/mol. The number of anilines is 1. The van der Waals surface area contributed by atoms with Gasteiger partial charge in [-0.05, 0) is 38.3 Å². The van der Waals surface area contributed by atoms with Gasteiger partial charge in [0.1, 0.15) is 4.88 Å². The molecule has 21 heavy (non-hydrogen) atoms. The van der Waals surface area contributed by atoms with Crippen molar-refractivity contribution in [1.29, 1.82) is 0 Å². The van der Waals surface area contributed by atoms with Crippen LogP contribution in [0.2, 0.25) is 0 Å². The van der Waals surface area contributed by atoms with E-state index in [1.54, 1.807) is 7.11 Å². The summed E-state index contributed by atoms with van der Waals surface area (Å²) in [5, 5.41) is 4.07. The van der Waals surface area contributed by atoms with Crippen molar-refractivity contribution >= 4 is 33.0 Å². The molecular formula is C16H20N2O2S. The van der Waals surface area contributed by atoms with Crippen molar-refractivity contribution in [3.05, 3.63) is 28.6 Å². The number of hydrogen-bond donors (Lipinski definition) is 2. The second-order valence-corrected chi connectivity index (χ2v) is 6.74. The van der Waals surface area contributed by atoms with Crippen LogP contribution in [0.5, 0.6) is 0 Å². The molecule has 2 unspecified atom stereocenters. The molecule has 1 aromatic heterocycles. The Morgan fingerprint density at radius 1 is 1.43 bits per heavy atom. The molecule has 3 N–H and O–H groups in total. The molecule has 1 amide bonds. The zero-order valence-electron chi connectivity index (χ0n) is 12.3. The number of nitrogens with one attached hydrogen (secondary N) is 1. The molecule has 1 aliphatic rings. The zero-order chi connectivity index (χ0) is 15.0. The van der Waals surface area contributed by atoms with Crippen LogP contribution in [0.25, 0.3) is 10.1 Å². The number of nitrogen functional groups attached to an aromatic ring is 1. The summed E-state index contributed by atoms with van der Waals surface area (Å²) in [4.78, 5) is 13.1. The second kappa shape index (κ2) is 5.66. The van der Waals surface area contributed by atoms with E-state index in [1.165, 1.54) is 11.3 Å². The number of rotatable bonds is 3. The van der Waals surface area contributed by atoms with E-state index in [0.29, 0.717) is 10.6 Å². The number of fused-ring (bicyclic) bond motifs is 1. The van der Waals surface area contributed by atoms with Crippen LogP contribution in [0.1, 0.15) is 34.5 Å². The van der Waals surface area contributed by atoms with Gasteiger partial charge in [-0.2, -0.15) is 0 Å². The zero-order valence-corrected chi connectivity index (χ0v) is 13.1. The average Bonchev–Trinajstić information content (AvgIpc) is 3.04. The minimum atomic E-state index is -0.0619. The Labute approximate surface area is 128 Å². The molecule has 5 heteroatoms. The lowest BCUT2D eigenvalue weighted by Gasteiger charge is -2.12. The maximum Gasteiger partial charge on any atom is 0.263 e. The smallest absolute Gasteiger partial charge is 0.263 e. The fourth-order valence-electron chi connectivity index (χ4n) is 2.94. The van der Waals surface area contributed by atoms with E-state index >= 15 is 0 Å². The molecule has 0 radical (unpaired) electrons. The predicted octanol–water partition coefficient (Wildman–Crippen LogP) is 3.09. The van der Waals surface area contributed by atoms with Crippen molar-refractivity contribution in [2.45, 2.75) is 38.3 Å². The first-order chi connectivity index (χ1) is 10.1. The van der Waals surface area contributed by atoms with E-state index in [1.807, 2.05) is 25.1 Å². The number of benzene rings is 1. The number of thiophene rings is 1. The molecule has 0 aliphatic heterocycles. The van der Waals surface area contributed by atoms with E-state index in [4.69, 9.17) is 10.5 Å². The SMILES string of the molecule is COC1CCC(NC(=O)c2sc3ccc(C)cc3c2N)C1. The van der Waals surface area contributed by atoms with Gasteiger partial charge in [0.15, 0.2) is 0 Å². The molecule has 1 aliphatic carbocycles. The quantitative estimate of drug-likeness (QED) is 0.916. The third-order valence-electron chi connectivity index (χ3n) is 4.14. The minimum Gasteiger partial charge on any atom is -0.397 e. The van der Waals surface area contributed by atoms with Crippen molar-refractivity contribution in [3.8, 4) is 0 Å². The topological polar surface area (TPSA) is 64.3 Å². The molecule has 1 aromatic carbocycles. The highest BCUT2D eigenvalue weighted by Gasteiger charge is 2.27. The fourth-order valence-corrected chi connectivity index (χ4v) is 3.94. The summed E-state index contributed by atoms with van der Waals surface area (Å²) in [6, 6.07) is 6.29. The molecule has 1 heterocycles. The number of ether oxygens (including phenoxy) is 1. The molecule has 2 atom stereocenters. The first-order valence-corrected chi connectivity index (χ1v) is 8.02. The van der Waals surface area contributed by atoms with Gasteiger partial charge in [-0.25, -0.2) is 0 Å². The molecule has 112 valence electrons. The molecule has 0 spiro atoms. The van der Waals surface area contributed by atoms with Crippen LogP contribution in [-0.2, 0) is 4.74 Å². The lowest BCUT2D eigenvalue weighted by molar-refractivity contribution is 0.0919. The third kappa shape index (κ3) is 2.76. The maximum absolute atomic E-state index is 12.4. The number of carbonyl (C=O) groups excluding carboxylic acids is 1. The van der Waals surface area contributed by atoms with Crippen LogP contribution in [0.15, 0.2) is 18.2 Å². The normalized spacial score (nSPS) is 21.8. The van der Waals surface area contributed by atoms with Gasteiger partial charge in [-0.1, -0.05) is 11.6 Å². The summed E-state index contributed by atoms with van der Waals surface area (Å²) < 4.78 is 6.40. The highest BCUT2D eigenvalue weighted by Crippen LogP contribution is 2.34. The van der Waals surface area contributed by atoms with E-state index in [2.05, 4.69) is 5.32 Å². The summed E-state index contributed by atoms with van der Waals surface area (Å²) in [5.74, 6) is -0.0619. The van der Waals surface area contributed by atoms with Crippen LogP contribution in [-0.4, -0.2) is 25.2 Å². The van der Waals surface area contributed by atoms with Gasteiger partial charge in [0.05, 0.1) is 11.8 Å². The van der Waals surface area contributed by atoms with Crippen LogP contribution in [0.3, 0.4) is 0 Å². The Balaban J connectivity index is 1.80. The van der Waals surface area contributed by atoms with Crippen LogP contribution >= 0.6 is 11.3 Å². The minimum absolute atomic E-state index is 0.0619. The summed E-state index contributed by atoms with van der Waals surface area (Å²) in [6.07, 6.45) is 3.11. The number of nitrogens with two attached hydrogens (primary N) is 1. The molecule has 3 rings (SSSR count). The predicted molar refractivity (Wildman–Crippen MR) is 86.9 cm³/mol. The van der Waals surface area contributed by atoms with Gasteiger partial charge in [-0.15, -0.1) is 11.3 Å². The van der Waals surface area contributed by atoms with Crippen LogP contribution < -0.4 is 11.1 Å². The van der Waals surface area contributed by atoms with Gasteiger partial charge in [-0.3, -0.25) is 4.79 Å². The van der Waals surface area contributed by atoms with Gasteiger partial charge in [0.2, 0.25) is 0 Å². The molecule has 0 bridgehead atoms. The van der Waals surface area contributed by atoms with Crippen molar-refractivity contribution < 1.29 is 9.53 Å². The number of carbonyl (C=O) groups is 1. The Bertz CT molecular complexity index is 680. The van der Waals surface area contributed by atoms with E-state index in [-0.39, 0.29) is 18.1 Å². The standard InChI is InChI=1S/C16H20N2O2S/c1-9-3-6-13-12(7-9)14(17)15(21-13)16(19)18-10-4-5-11(8-10)20-2/h3,6-7,10-11H,4-5,8,17H2,1-2H3,(H,18,19). The molecular weight excluding hydrogens is 284 g/mol. The largest absolute Gasteiger partial charge is 0.397 e. The summed E-state index contributed by atoms with van der Waals surface area (Å²) in [6.45, 7) is 2.03. The van der Waals surface area contributed by atoms with Gasteiger partial charge in [0, 0.05) is 23.2 Å². The first kappa shape index (κ1) is 14.4. The van der Waals surface area contributed by atoms with Crippen molar-refractivity contribution in [3.63, 3.8) is 0 Å². The monoisotopic (exact) mass is 304 g/mol. The third-order valence-corrected chi connectivity index (χ3v) is 5.33. The number of amides is 1. The van der Waals surface area contributed by atoms with Gasteiger partial charge >= 0.3 is 0 Å².